The highest BCUT2D eigenvalue weighted by Crippen LogP contribution is 2.31. The van der Waals surface area contributed by atoms with Crippen molar-refractivity contribution in [3.63, 3.8) is 0 Å². The molecule has 2 aliphatic heterocycles. The van der Waals surface area contributed by atoms with E-state index in [2.05, 4.69) is 43.1 Å². The summed E-state index contributed by atoms with van der Waals surface area (Å²) in [6, 6.07) is 20.2. The van der Waals surface area contributed by atoms with Gasteiger partial charge in [0.05, 0.1) is 17.1 Å². The fraction of sp³-hybridized carbons (Fsp3) is 0.310. The molecule has 0 aliphatic carbocycles. The molecular weight excluding hydrogens is 448 g/mol. The van der Waals surface area contributed by atoms with Crippen LogP contribution in [0, 0.1) is 5.92 Å². The molecule has 0 unspecified atom stereocenters. The molecule has 182 valence electrons. The highest BCUT2D eigenvalue weighted by Gasteiger charge is 2.27. The van der Waals surface area contributed by atoms with Crippen molar-refractivity contribution < 1.29 is 4.79 Å². The third-order valence-corrected chi connectivity index (χ3v) is 7.28. The second-order valence-electron chi connectivity index (χ2n) is 9.62. The maximum Gasteiger partial charge on any atom is 0.227 e. The highest BCUT2D eigenvalue weighted by atomic mass is 16.1. The van der Waals surface area contributed by atoms with Gasteiger partial charge in [-0.25, -0.2) is 15.0 Å². The molecule has 2 aromatic carbocycles. The molecule has 7 nitrogen and oxygen atoms in total. The Morgan fingerprint density at radius 2 is 1.69 bits per heavy atom. The normalized spacial score (nSPS) is 15.9. The summed E-state index contributed by atoms with van der Waals surface area (Å²) in [6.45, 7) is 2.60. The number of carbonyl (C=O) groups excluding carboxylic acids is 1. The lowest BCUT2D eigenvalue weighted by Crippen LogP contribution is -2.38. The van der Waals surface area contributed by atoms with E-state index >= 15 is 0 Å². The van der Waals surface area contributed by atoms with Crippen LogP contribution < -0.4 is 10.2 Å². The van der Waals surface area contributed by atoms with Crippen LogP contribution in [0.15, 0.2) is 73.2 Å². The molecule has 1 saturated heterocycles. The number of nitrogens with one attached hydrogen (secondary N) is 1. The minimum Gasteiger partial charge on any atom is -0.356 e. The SMILES string of the molecule is O=C(Nc1ccccc1-c1cn2c(n1)CCCC2)C1CCN(c2cc(-c3ccccc3)ncn2)CC1. The molecular formula is C29H30N6O. The van der Waals surface area contributed by atoms with E-state index in [0.29, 0.717) is 0 Å². The molecule has 1 N–H and O–H groups in total. The van der Waals surface area contributed by atoms with Gasteiger partial charge in [-0.15, -0.1) is 0 Å². The van der Waals surface area contributed by atoms with Crippen molar-refractivity contribution in [1.29, 1.82) is 0 Å². The number of amides is 1. The number of benzene rings is 2. The number of rotatable bonds is 5. The number of nitrogens with zero attached hydrogens (tertiary/aromatic N) is 5. The summed E-state index contributed by atoms with van der Waals surface area (Å²) < 4.78 is 2.25. The first-order valence-electron chi connectivity index (χ1n) is 12.8. The van der Waals surface area contributed by atoms with Gasteiger partial charge < -0.3 is 14.8 Å². The predicted octanol–water partition coefficient (Wildman–Crippen LogP) is 5.20. The average molecular weight is 479 g/mol. The Labute approximate surface area is 211 Å². The van der Waals surface area contributed by atoms with Gasteiger partial charge in [-0.3, -0.25) is 4.79 Å². The van der Waals surface area contributed by atoms with Gasteiger partial charge in [-0.05, 0) is 31.7 Å². The second-order valence-corrected chi connectivity index (χ2v) is 9.62. The molecule has 4 aromatic rings. The molecule has 0 atom stereocenters. The number of fused-ring (bicyclic) bond motifs is 1. The number of aromatic nitrogens is 4. The lowest BCUT2D eigenvalue weighted by Gasteiger charge is -2.32. The largest absolute Gasteiger partial charge is 0.356 e. The van der Waals surface area contributed by atoms with Crippen LogP contribution in [0.2, 0.25) is 0 Å². The Morgan fingerprint density at radius 3 is 2.53 bits per heavy atom. The number of carbonyl (C=O) groups is 1. The lowest BCUT2D eigenvalue weighted by atomic mass is 9.95. The van der Waals surface area contributed by atoms with E-state index in [9.17, 15) is 4.79 Å². The molecule has 4 heterocycles. The molecule has 2 aromatic heterocycles. The molecule has 1 amide bonds. The van der Waals surface area contributed by atoms with Crippen LogP contribution in [0.1, 0.15) is 31.5 Å². The van der Waals surface area contributed by atoms with Gasteiger partial charge in [-0.1, -0.05) is 48.5 Å². The van der Waals surface area contributed by atoms with Gasteiger partial charge in [0.1, 0.15) is 18.0 Å². The van der Waals surface area contributed by atoms with Gasteiger partial charge >= 0.3 is 0 Å². The first-order valence-corrected chi connectivity index (χ1v) is 12.8. The zero-order valence-corrected chi connectivity index (χ0v) is 20.3. The molecule has 36 heavy (non-hydrogen) atoms. The van der Waals surface area contributed by atoms with E-state index in [1.807, 2.05) is 48.5 Å². The number of para-hydroxylation sites is 1. The molecule has 7 heteroatoms. The van der Waals surface area contributed by atoms with Crippen LogP contribution in [-0.4, -0.2) is 38.5 Å². The summed E-state index contributed by atoms with van der Waals surface area (Å²) in [5.41, 5.74) is 4.75. The second kappa shape index (κ2) is 9.93. The van der Waals surface area contributed by atoms with E-state index < -0.39 is 0 Å². The Balaban J connectivity index is 1.12. The van der Waals surface area contributed by atoms with Crippen molar-refractivity contribution in [3.8, 4) is 22.5 Å². The van der Waals surface area contributed by atoms with Crippen LogP contribution in [0.5, 0.6) is 0 Å². The molecule has 0 saturated carbocycles. The van der Waals surface area contributed by atoms with Gasteiger partial charge in [0, 0.05) is 55.4 Å². The van der Waals surface area contributed by atoms with Crippen molar-refractivity contribution in [3.05, 3.63) is 79.0 Å². The highest BCUT2D eigenvalue weighted by molar-refractivity contribution is 5.96. The van der Waals surface area contributed by atoms with Gasteiger partial charge in [0.15, 0.2) is 0 Å². The minimum absolute atomic E-state index is 0.0278. The van der Waals surface area contributed by atoms with Gasteiger partial charge in [0.2, 0.25) is 5.91 Å². The first-order chi connectivity index (χ1) is 17.7. The van der Waals surface area contributed by atoms with Crippen molar-refractivity contribution in [2.45, 2.75) is 38.6 Å². The van der Waals surface area contributed by atoms with Crippen molar-refractivity contribution in [1.82, 2.24) is 19.5 Å². The maximum absolute atomic E-state index is 13.2. The van der Waals surface area contributed by atoms with Gasteiger partial charge in [0.25, 0.3) is 0 Å². The van der Waals surface area contributed by atoms with Crippen molar-refractivity contribution in [2.24, 2.45) is 5.92 Å². The molecule has 2 aliphatic rings. The molecule has 0 spiro atoms. The molecule has 6 rings (SSSR count). The topological polar surface area (TPSA) is 75.9 Å². The van der Waals surface area contributed by atoms with Crippen LogP contribution in [-0.2, 0) is 17.8 Å². The van der Waals surface area contributed by atoms with Crippen LogP contribution in [0.25, 0.3) is 22.5 Å². The summed E-state index contributed by atoms with van der Waals surface area (Å²) >= 11 is 0. The quantitative estimate of drug-likeness (QED) is 0.427. The number of hydrogen-bond acceptors (Lipinski definition) is 5. The summed E-state index contributed by atoms with van der Waals surface area (Å²) in [7, 11) is 0. The zero-order valence-electron chi connectivity index (χ0n) is 20.3. The smallest absolute Gasteiger partial charge is 0.227 e. The van der Waals surface area contributed by atoms with E-state index in [1.165, 1.54) is 12.8 Å². The Morgan fingerprint density at radius 1 is 0.889 bits per heavy atom. The minimum atomic E-state index is -0.0278. The number of anilines is 2. The summed E-state index contributed by atoms with van der Waals surface area (Å²) in [5.74, 6) is 2.11. The van der Waals surface area contributed by atoms with Gasteiger partial charge in [-0.2, -0.15) is 0 Å². The Kier molecular flexibility index (Phi) is 6.20. The fourth-order valence-electron chi connectivity index (χ4n) is 5.25. The van der Waals surface area contributed by atoms with Crippen molar-refractivity contribution >= 4 is 17.4 Å². The monoisotopic (exact) mass is 478 g/mol. The summed E-state index contributed by atoms with van der Waals surface area (Å²) in [5, 5.41) is 3.21. The van der Waals surface area contributed by atoms with Crippen LogP contribution in [0.4, 0.5) is 11.5 Å². The van der Waals surface area contributed by atoms with E-state index in [4.69, 9.17) is 4.98 Å². The number of aryl methyl sites for hydroxylation is 2. The van der Waals surface area contributed by atoms with Crippen molar-refractivity contribution in [2.75, 3.05) is 23.3 Å². The third kappa shape index (κ3) is 4.61. The summed E-state index contributed by atoms with van der Waals surface area (Å²) in [4.78, 5) is 29.3. The maximum atomic E-state index is 13.2. The fourth-order valence-corrected chi connectivity index (χ4v) is 5.25. The molecule has 0 bridgehead atoms. The predicted molar refractivity (Wildman–Crippen MR) is 142 cm³/mol. The van der Waals surface area contributed by atoms with E-state index in [0.717, 1.165) is 78.7 Å². The number of piperidine rings is 1. The molecule has 1 fully saturated rings. The first kappa shape index (κ1) is 22.5. The van der Waals surface area contributed by atoms with Crippen LogP contribution >= 0.6 is 0 Å². The third-order valence-electron chi connectivity index (χ3n) is 7.28. The average Bonchev–Trinajstić information content (AvgIpc) is 3.38. The standard InChI is InChI=1S/C29H30N6O/c36-29(33-24-11-5-4-10-23(24)26-19-35-15-7-6-12-27(35)32-26)22-13-16-34(17-14-22)28-18-25(30-20-31-28)21-8-2-1-3-9-21/h1-5,8-11,18-20,22H,6-7,12-17H2,(H,33,36). The number of hydrogen-bond donors (Lipinski definition) is 1. The Bertz CT molecular complexity index is 1330. The zero-order chi connectivity index (χ0) is 24.3. The number of imidazole rings is 1. The van der Waals surface area contributed by atoms with Crippen LogP contribution in [0.3, 0.4) is 0 Å². The lowest BCUT2D eigenvalue weighted by molar-refractivity contribution is -0.120. The van der Waals surface area contributed by atoms with E-state index in [1.54, 1.807) is 6.33 Å². The molecule has 0 radical (unpaired) electrons. The summed E-state index contributed by atoms with van der Waals surface area (Å²) in [6.07, 6.45) is 8.74. The Hall–Kier alpha value is -4.00. The van der Waals surface area contributed by atoms with E-state index in [-0.39, 0.29) is 11.8 Å².